The fraction of sp³-hybridized carbons (Fsp3) is 0.0588. The third kappa shape index (κ3) is 1.20. The van der Waals surface area contributed by atoms with Gasteiger partial charge in [-0.3, -0.25) is 0 Å². The van der Waals surface area contributed by atoms with Gasteiger partial charge in [-0.15, -0.1) is 0 Å². The number of hydrogen-bond donors (Lipinski definition) is 0. The van der Waals surface area contributed by atoms with Gasteiger partial charge in [0.2, 0.25) is 0 Å². The summed E-state index contributed by atoms with van der Waals surface area (Å²) in [5, 5.41) is 5.61. The number of hydrogen-bond acceptors (Lipinski definition) is 0. The van der Waals surface area contributed by atoms with E-state index in [-0.39, 0.29) is 10.5 Å². The van der Waals surface area contributed by atoms with Crippen molar-refractivity contribution in [2.45, 2.75) is 0 Å². The largest absolute Gasteiger partial charge is 0.189 e. The lowest BCUT2D eigenvalue weighted by atomic mass is 10.1. The molecule has 0 radical (unpaired) electrons. The van der Waals surface area contributed by atoms with Crippen LogP contribution in [0.3, 0.4) is 0 Å². The second-order valence-electron chi connectivity index (χ2n) is 4.67. The third-order valence-electron chi connectivity index (χ3n) is 3.69. The predicted molar refractivity (Wildman–Crippen MR) is 82.4 cm³/mol. The molecule has 1 heterocycles. The quantitative estimate of drug-likeness (QED) is 0.364. The Morgan fingerprint density at radius 1 is 0.667 bits per heavy atom. The first kappa shape index (κ1) is 10.1. The van der Waals surface area contributed by atoms with E-state index in [2.05, 4.69) is 66.9 Å². The molecule has 0 spiro atoms. The molecular formula is C17H13S+. The fourth-order valence-electron chi connectivity index (χ4n) is 2.85. The summed E-state index contributed by atoms with van der Waals surface area (Å²) in [6, 6.07) is 22.1. The molecular weight excluding hydrogens is 236 g/mol. The molecule has 1 heteroatoms. The summed E-state index contributed by atoms with van der Waals surface area (Å²) in [6.07, 6.45) is 2.34. The van der Waals surface area contributed by atoms with Gasteiger partial charge >= 0.3 is 0 Å². The molecule has 86 valence electrons. The zero-order valence-electron chi connectivity index (χ0n) is 10.2. The average Bonchev–Trinajstić information content (AvgIpc) is 2.73. The Kier molecular flexibility index (Phi) is 2.00. The summed E-state index contributed by atoms with van der Waals surface area (Å²) < 4.78 is 3.01. The Hall–Kier alpha value is -1.86. The van der Waals surface area contributed by atoms with Crippen LogP contribution in [0.4, 0.5) is 0 Å². The summed E-state index contributed by atoms with van der Waals surface area (Å²) >= 11 is 0. The van der Waals surface area contributed by atoms with Gasteiger partial charge < -0.3 is 0 Å². The predicted octanol–water partition coefficient (Wildman–Crippen LogP) is 5.43. The van der Waals surface area contributed by atoms with E-state index in [1.165, 1.54) is 30.9 Å². The number of fused-ring (bicyclic) bond motifs is 5. The summed E-state index contributed by atoms with van der Waals surface area (Å²) in [4.78, 5) is 0. The number of benzene rings is 3. The lowest BCUT2D eigenvalue weighted by Gasteiger charge is -1.96. The maximum Gasteiger partial charge on any atom is 0.189 e. The van der Waals surface area contributed by atoms with Gasteiger partial charge in [0.05, 0.1) is 0 Å². The summed E-state index contributed by atoms with van der Waals surface area (Å²) in [7, 11) is 0.203. The maximum absolute atomic E-state index is 2.34. The smallest absolute Gasteiger partial charge is 0.0616 e. The molecule has 1 aromatic heterocycles. The van der Waals surface area contributed by atoms with E-state index < -0.39 is 0 Å². The Bertz CT molecular complexity index is 884. The van der Waals surface area contributed by atoms with Crippen molar-refractivity contribution >= 4 is 41.4 Å². The SMILES string of the molecule is C[s+]1c2ccccc2c2ccc3ccccc3c21. The first-order valence-electron chi connectivity index (χ1n) is 6.13. The molecule has 0 saturated carbocycles. The molecule has 0 aliphatic heterocycles. The van der Waals surface area contributed by atoms with Crippen LogP contribution in [-0.2, 0) is 6.26 Å². The highest BCUT2D eigenvalue weighted by atomic mass is 32.2. The van der Waals surface area contributed by atoms with Crippen molar-refractivity contribution in [3.8, 4) is 0 Å². The Morgan fingerprint density at radius 3 is 2.28 bits per heavy atom. The van der Waals surface area contributed by atoms with E-state index in [9.17, 15) is 0 Å². The lowest BCUT2D eigenvalue weighted by molar-refractivity contribution is 1.81. The molecule has 18 heavy (non-hydrogen) atoms. The maximum atomic E-state index is 2.34. The molecule has 0 saturated heterocycles. The third-order valence-corrected chi connectivity index (χ3v) is 5.76. The second kappa shape index (κ2) is 3.56. The summed E-state index contributed by atoms with van der Waals surface area (Å²) in [6.45, 7) is 0. The van der Waals surface area contributed by atoms with Gasteiger partial charge in [-0.05, 0) is 40.1 Å². The van der Waals surface area contributed by atoms with Crippen molar-refractivity contribution in [1.29, 1.82) is 0 Å². The van der Waals surface area contributed by atoms with Gasteiger partial charge in [-0.25, -0.2) is 0 Å². The minimum atomic E-state index is 0.203. The van der Waals surface area contributed by atoms with Gasteiger partial charge in [-0.2, -0.15) is 0 Å². The monoisotopic (exact) mass is 249 g/mol. The topological polar surface area (TPSA) is 0 Å². The van der Waals surface area contributed by atoms with Gasteiger partial charge in [-0.1, -0.05) is 36.4 Å². The highest BCUT2D eigenvalue weighted by molar-refractivity contribution is 7.42. The van der Waals surface area contributed by atoms with Gasteiger partial charge in [0.15, 0.2) is 9.40 Å². The number of rotatable bonds is 0. The van der Waals surface area contributed by atoms with Gasteiger partial charge in [0, 0.05) is 16.2 Å². The minimum Gasteiger partial charge on any atom is -0.0616 e. The van der Waals surface area contributed by atoms with Crippen LogP contribution >= 0.6 is 10.5 Å². The van der Waals surface area contributed by atoms with Crippen molar-refractivity contribution in [2.24, 2.45) is 6.26 Å². The van der Waals surface area contributed by atoms with Crippen LogP contribution in [0, 0.1) is 0 Å². The van der Waals surface area contributed by atoms with Crippen LogP contribution in [0.5, 0.6) is 0 Å². The summed E-state index contributed by atoms with van der Waals surface area (Å²) in [5.41, 5.74) is 0. The normalized spacial score (nSPS) is 12.6. The first-order valence-corrected chi connectivity index (χ1v) is 7.76. The molecule has 0 nitrogen and oxygen atoms in total. The zero-order chi connectivity index (χ0) is 12.1. The van der Waals surface area contributed by atoms with Crippen LogP contribution in [0.2, 0.25) is 0 Å². The molecule has 0 N–H and O–H groups in total. The number of aryl methyl sites for hydroxylation is 1. The molecule has 3 aromatic carbocycles. The minimum absolute atomic E-state index is 0.203. The van der Waals surface area contributed by atoms with Crippen LogP contribution in [0.15, 0.2) is 60.7 Å². The van der Waals surface area contributed by atoms with Crippen molar-refractivity contribution < 1.29 is 0 Å². The molecule has 0 aliphatic carbocycles. The van der Waals surface area contributed by atoms with E-state index in [4.69, 9.17) is 0 Å². The Morgan fingerprint density at radius 2 is 1.39 bits per heavy atom. The van der Waals surface area contributed by atoms with Crippen LogP contribution in [0.1, 0.15) is 0 Å². The highest BCUT2D eigenvalue weighted by Crippen LogP contribution is 2.44. The molecule has 0 fully saturated rings. The molecule has 0 bridgehead atoms. The van der Waals surface area contributed by atoms with E-state index in [1.807, 2.05) is 0 Å². The Balaban J connectivity index is 2.39. The Labute approximate surface area is 108 Å². The fourth-order valence-corrected chi connectivity index (χ4v) is 4.89. The second-order valence-corrected chi connectivity index (χ2v) is 6.54. The highest BCUT2D eigenvalue weighted by Gasteiger charge is 2.19. The van der Waals surface area contributed by atoms with E-state index in [0.717, 1.165) is 0 Å². The average molecular weight is 249 g/mol. The molecule has 0 amide bonds. The van der Waals surface area contributed by atoms with Gasteiger partial charge in [0.1, 0.15) is 6.26 Å². The molecule has 0 aliphatic rings. The van der Waals surface area contributed by atoms with Crippen molar-refractivity contribution in [3.05, 3.63) is 60.7 Å². The van der Waals surface area contributed by atoms with Crippen molar-refractivity contribution in [1.82, 2.24) is 0 Å². The first-order chi connectivity index (χ1) is 8.86. The van der Waals surface area contributed by atoms with Crippen molar-refractivity contribution in [2.75, 3.05) is 0 Å². The van der Waals surface area contributed by atoms with E-state index in [0.29, 0.717) is 0 Å². The van der Waals surface area contributed by atoms with Crippen LogP contribution < -0.4 is 0 Å². The van der Waals surface area contributed by atoms with E-state index in [1.54, 1.807) is 0 Å². The van der Waals surface area contributed by atoms with Crippen LogP contribution in [0.25, 0.3) is 30.9 Å². The molecule has 4 rings (SSSR count). The molecule has 1 atom stereocenters. The van der Waals surface area contributed by atoms with E-state index >= 15 is 0 Å². The lowest BCUT2D eigenvalue weighted by Crippen LogP contribution is -1.72. The molecule has 1 unspecified atom stereocenters. The number of thiophene rings is 1. The van der Waals surface area contributed by atoms with Crippen LogP contribution in [-0.4, -0.2) is 0 Å². The molecule has 4 aromatic rings. The van der Waals surface area contributed by atoms with Crippen molar-refractivity contribution in [3.63, 3.8) is 0 Å². The van der Waals surface area contributed by atoms with Gasteiger partial charge in [0.25, 0.3) is 0 Å². The summed E-state index contributed by atoms with van der Waals surface area (Å²) in [5.74, 6) is 0. The zero-order valence-corrected chi connectivity index (χ0v) is 11.0. The standard InChI is InChI=1S/C17H13S/c1-18-16-9-5-4-8-14(16)15-11-10-12-6-2-3-7-13(12)17(15)18/h2-11H,1H3/q+1.